The SMILES string of the molecule is CSc1ccccc1Nc1[nH]c(=O)ccc1N. The molecule has 0 aliphatic carbocycles. The average Bonchev–Trinajstić information content (AvgIpc) is 2.34. The number of rotatable bonds is 3. The molecule has 88 valence electrons. The smallest absolute Gasteiger partial charge is 0.249 e. The first kappa shape index (κ1) is 11.6. The predicted molar refractivity (Wildman–Crippen MR) is 73.0 cm³/mol. The molecular formula is C12H13N3OS. The van der Waals surface area contributed by atoms with Crippen molar-refractivity contribution in [1.82, 2.24) is 4.98 Å². The van der Waals surface area contributed by atoms with E-state index in [2.05, 4.69) is 10.3 Å². The van der Waals surface area contributed by atoms with Crippen molar-refractivity contribution in [2.24, 2.45) is 0 Å². The summed E-state index contributed by atoms with van der Waals surface area (Å²) in [5, 5.41) is 3.13. The van der Waals surface area contributed by atoms with Crippen LogP contribution in [0.1, 0.15) is 0 Å². The van der Waals surface area contributed by atoms with Crippen LogP contribution in [0.5, 0.6) is 0 Å². The molecule has 4 nitrogen and oxygen atoms in total. The first-order valence-corrected chi connectivity index (χ1v) is 6.32. The molecule has 4 N–H and O–H groups in total. The Morgan fingerprint density at radius 3 is 2.76 bits per heavy atom. The lowest BCUT2D eigenvalue weighted by molar-refractivity contribution is 1.23. The van der Waals surface area contributed by atoms with Crippen molar-refractivity contribution in [2.75, 3.05) is 17.3 Å². The number of aromatic amines is 1. The fraction of sp³-hybridized carbons (Fsp3) is 0.0833. The maximum Gasteiger partial charge on any atom is 0.249 e. The highest BCUT2D eigenvalue weighted by Gasteiger charge is 2.04. The molecule has 0 aliphatic heterocycles. The third kappa shape index (κ3) is 2.62. The molecule has 0 fully saturated rings. The molecular weight excluding hydrogens is 234 g/mol. The van der Waals surface area contributed by atoms with Crippen molar-refractivity contribution in [2.45, 2.75) is 4.90 Å². The van der Waals surface area contributed by atoms with E-state index in [1.807, 2.05) is 30.5 Å². The molecule has 1 aromatic carbocycles. The summed E-state index contributed by atoms with van der Waals surface area (Å²) in [6, 6.07) is 10.8. The van der Waals surface area contributed by atoms with Crippen LogP contribution in [-0.2, 0) is 0 Å². The highest BCUT2D eigenvalue weighted by molar-refractivity contribution is 7.98. The molecule has 0 bridgehead atoms. The number of para-hydroxylation sites is 1. The third-order valence-electron chi connectivity index (χ3n) is 2.32. The van der Waals surface area contributed by atoms with E-state index in [1.54, 1.807) is 17.8 Å². The van der Waals surface area contributed by atoms with Crippen LogP contribution in [0, 0.1) is 0 Å². The van der Waals surface area contributed by atoms with E-state index >= 15 is 0 Å². The molecule has 0 amide bonds. The molecule has 1 heterocycles. The van der Waals surface area contributed by atoms with Gasteiger partial charge < -0.3 is 16.0 Å². The molecule has 0 aliphatic rings. The summed E-state index contributed by atoms with van der Waals surface area (Å²) in [6.45, 7) is 0. The summed E-state index contributed by atoms with van der Waals surface area (Å²) in [7, 11) is 0. The second-order valence-electron chi connectivity index (χ2n) is 3.48. The van der Waals surface area contributed by atoms with Gasteiger partial charge in [0, 0.05) is 11.0 Å². The molecule has 0 saturated heterocycles. The molecule has 2 rings (SSSR count). The summed E-state index contributed by atoms with van der Waals surface area (Å²) < 4.78 is 0. The van der Waals surface area contributed by atoms with E-state index in [0.717, 1.165) is 10.6 Å². The van der Waals surface area contributed by atoms with Crippen LogP contribution in [0.15, 0.2) is 46.1 Å². The highest BCUT2D eigenvalue weighted by atomic mass is 32.2. The lowest BCUT2D eigenvalue weighted by Crippen LogP contribution is -2.09. The van der Waals surface area contributed by atoms with E-state index in [-0.39, 0.29) is 5.56 Å². The van der Waals surface area contributed by atoms with E-state index in [1.165, 1.54) is 6.07 Å². The topological polar surface area (TPSA) is 70.9 Å². The minimum atomic E-state index is -0.177. The van der Waals surface area contributed by atoms with Crippen LogP contribution in [-0.4, -0.2) is 11.2 Å². The average molecular weight is 247 g/mol. The summed E-state index contributed by atoms with van der Waals surface area (Å²) in [4.78, 5) is 15.0. The molecule has 0 saturated carbocycles. The van der Waals surface area contributed by atoms with E-state index in [4.69, 9.17) is 5.73 Å². The van der Waals surface area contributed by atoms with Crippen LogP contribution in [0.2, 0.25) is 0 Å². The zero-order valence-corrected chi connectivity index (χ0v) is 10.2. The second kappa shape index (κ2) is 4.97. The first-order chi connectivity index (χ1) is 8.20. The third-order valence-corrected chi connectivity index (χ3v) is 3.11. The Morgan fingerprint density at radius 2 is 2.00 bits per heavy atom. The van der Waals surface area contributed by atoms with Gasteiger partial charge in [-0.05, 0) is 24.5 Å². The molecule has 0 unspecified atom stereocenters. The minimum absolute atomic E-state index is 0.177. The van der Waals surface area contributed by atoms with Crippen molar-refractivity contribution < 1.29 is 0 Å². The molecule has 0 radical (unpaired) electrons. The van der Waals surface area contributed by atoms with Crippen LogP contribution in [0.25, 0.3) is 0 Å². The maximum absolute atomic E-state index is 11.2. The summed E-state index contributed by atoms with van der Waals surface area (Å²) >= 11 is 1.63. The minimum Gasteiger partial charge on any atom is -0.396 e. The lowest BCUT2D eigenvalue weighted by atomic mass is 10.3. The van der Waals surface area contributed by atoms with Gasteiger partial charge in [0.25, 0.3) is 0 Å². The zero-order valence-electron chi connectivity index (χ0n) is 9.36. The Hall–Kier alpha value is -1.88. The maximum atomic E-state index is 11.2. The van der Waals surface area contributed by atoms with Gasteiger partial charge in [0.2, 0.25) is 5.56 Å². The number of hydrogen-bond acceptors (Lipinski definition) is 4. The first-order valence-electron chi connectivity index (χ1n) is 5.09. The lowest BCUT2D eigenvalue weighted by Gasteiger charge is -2.11. The Bertz CT molecular complexity index is 580. The number of anilines is 3. The number of aromatic nitrogens is 1. The largest absolute Gasteiger partial charge is 0.396 e. The standard InChI is InChI=1S/C12H13N3OS/c1-17-10-5-3-2-4-9(10)14-12-8(13)6-7-11(16)15-12/h2-7H,13H2,1H3,(H2,14,15,16). The Balaban J connectivity index is 2.37. The molecule has 2 aromatic rings. The van der Waals surface area contributed by atoms with Gasteiger partial charge in [-0.15, -0.1) is 11.8 Å². The highest BCUT2D eigenvalue weighted by Crippen LogP contribution is 2.28. The zero-order chi connectivity index (χ0) is 12.3. The van der Waals surface area contributed by atoms with Gasteiger partial charge in [-0.2, -0.15) is 0 Å². The fourth-order valence-corrected chi connectivity index (χ4v) is 2.03. The van der Waals surface area contributed by atoms with Gasteiger partial charge in [0.05, 0.1) is 11.4 Å². The normalized spacial score (nSPS) is 10.2. The van der Waals surface area contributed by atoms with Crippen molar-refractivity contribution in [3.8, 4) is 0 Å². The molecule has 1 aromatic heterocycles. The van der Waals surface area contributed by atoms with Crippen LogP contribution in [0.4, 0.5) is 17.2 Å². The number of nitrogen functional groups attached to an aromatic ring is 1. The van der Waals surface area contributed by atoms with Crippen LogP contribution < -0.4 is 16.6 Å². The number of thioether (sulfide) groups is 1. The van der Waals surface area contributed by atoms with Gasteiger partial charge >= 0.3 is 0 Å². The van der Waals surface area contributed by atoms with Gasteiger partial charge in [-0.3, -0.25) is 4.79 Å². The number of hydrogen-bond donors (Lipinski definition) is 3. The number of nitrogens with one attached hydrogen (secondary N) is 2. The Kier molecular flexibility index (Phi) is 3.39. The number of benzene rings is 1. The molecule has 0 atom stereocenters. The van der Waals surface area contributed by atoms with Crippen molar-refractivity contribution in [3.63, 3.8) is 0 Å². The summed E-state index contributed by atoms with van der Waals surface area (Å²) in [5.74, 6) is 0.527. The van der Waals surface area contributed by atoms with Gasteiger partial charge in [0.1, 0.15) is 5.82 Å². The fourth-order valence-electron chi connectivity index (χ4n) is 1.47. The predicted octanol–water partition coefficient (Wildman–Crippen LogP) is 2.42. The number of H-pyrrole nitrogens is 1. The Labute approximate surface area is 103 Å². The van der Waals surface area contributed by atoms with E-state index in [0.29, 0.717) is 11.5 Å². The van der Waals surface area contributed by atoms with Crippen molar-refractivity contribution >= 4 is 29.0 Å². The second-order valence-corrected chi connectivity index (χ2v) is 4.33. The van der Waals surface area contributed by atoms with E-state index in [9.17, 15) is 4.79 Å². The molecule has 17 heavy (non-hydrogen) atoms. The number of nitrogens with two attached hydrogens (primary N) is 1. The Morgan fingerprint density at radius 1 is 1.24 bits per heavy atom. The van der Waals surface area contributed by atoms with Crippen molar-refractivity contribution in [3.05, 3.63) is 46.8 Å². The quantitative estimate of drug-likeness (QED) is 0.728. The van der Waals surface area contributed by atoms with Crippen LogP contribution >= 0.6 is 11.8 Å². The van der Waals surface area contributed by atoms with Crippen molar-refractivity contribution in [1.29, 1.82) is 0 Å². The summed E-state index contributed by atoms with van der Waals surface area (Å²) in [6.07, 6.45) is 2.00. The van der Waals surface area contributed by atoms with Gasteiger partial charge in [-0.25, -0.2) is 0 Å². The monoisotopic (exact) mass is 247 g/mol. The van der Waals surface area contributed by atoms with Gasteiger partial charge in [-0.1, -0.05) is 12.1 Å². The summed E-state index contributed by atoms with van der Waals surface area (Å²) in [5.41, 5.74) is 7.05. The molecule has 5 heteroatoms. The molecule has 0 spiro atoms. The van der Waals surface area contributed by atoms with Gasteiger partial charge in [0.15, 0.2) is 0 Å². The van der Waals surface area contributed by atoms with Crippen LogP contribution in [0.3, 0.4) is 0 Å². The number of pyridine rings is 1. The van der Waals surface area contributed by atoms with E-state index < -0.39 is 0 Å².